The van der Waals surface area contributed by atoms with Crippen molar-refractivity contribution in [2.75, 3.05) is 4.90 Å². The summed E-state index contributed by atoms with van der Waals surface area (Å²) in [4.78, 5) is 2.35. The van der Waals surface area contributed by atoms with E-state index in [-0.39, 0.29) is 0 Å². The Morgan fingerprint density at radius 2 is 0.772 bits per heavy atom. The average molecular weight is 728 g/mol. The van der Waals surface area contributed by atoms with Gasteiger partial charge in [0.15, 0.2) is 0 Å². The molecule has 0 N–H and O–H groups in total. The predicted octanol–water partition coefficient (Wildman–Crippen LogP) is 15.3. The molecular weight excluding hydrogens is 691 g/mol. The smallest absolute Gasteiger partial charge is 0.143 e. The Kier molecular flexibility index (Phi) is 7.93. The topological polar surface area (TPSA) is 16.4 Å². The summed E-state index contributed by atoms with van der Waals surface area (Å²) in [5.41, 5.74) is 20.2. The second-order valence-electron chi connectivity index (χ2n) is 14.9. The van der Waals surface area contributed by atoms with Crippen molar-refractivity contribution in [1.82, 2.24) is 0 Å². The summed E-state index contributed by atoms with van der Waals surface area (Å²) in [6, 6.07) is 76.5. The van der Waals surface area contributed by atoms with Gasteiger partial charge in [-0.15, -0.1) is 0 Å². The second kappa shape index (κ2) is 13.7. The number of benzene rings is 9. The van der Waals surface area contributed by atoms with Gasteiger partial charge in [0.05, 0.1) is 0 Å². The van der Waals surface area contributed by atoms with Crippen LogP contribution in [0.3, 0.4) is 0 Å². The molecule has 0 fully saturated rings. The van der Waals surface area contributed by atoms with Gasteiger partial charge in [-0.2, -0.15) is 0 Å². The van der Waals surface area contributed by atoms with Crippen LogP contribution in [-0.4, -0.2) is 0 Å². The van der Waals surface area contributed by atoms with Crippen molar-refractivity contribution in [3.63, 3.8) is 0 Å². The largest absolute Gasteiger partial charge is 0.455 e. The molecule has 0 spiro atoms. The predicted molar refractivity (Wildman–Crippen MR) is 238 cm³/mol. The average Bonchev–Trinajstić information content (AvgIpc) is 3.87. The molecule has 0 amide bonds. The minimum atomic E-state index is 0.909. The highest BCUT2D eigenvalue weighted by atomic mass is 16.3. The molecule has 1 aliphatic rings. The fraction of sp³-hybridized carbons (Fsp3) is 0.0182. The summed E-state index contributed by atoms with van der Waals surface area (Å²) in [6.45, 7) is 0. The molecular formula is C55H37NO. The number of para-hydroxylation sites is 2. The lowest BCUT2D eigenvalue weighted by molar-refractivity contribution is 0.670. The van der Waals surface area contributed by atoms with E-state index in [0.717, 1.165) is 56.5 Å². The van der Waals surface area contributed by atoms with Gasteiger partial charge in [-0.3, -0.25) is 0 Å². The Morgan fingerprint density at radius 1 is 0.316 bits per heavy atom. The lowest BCUT2D eigenvalue weighted by Gasteiger charge is -2.26. The van der Waals surface area contributed by atoms with Crippen molar-refractivity contribution in [2.45, 2.75) is 6.42 Å². The zero-order valence-corrected chi connectivity index (χ0v) is 31.3. The highest BCUT2D eigenvalue weighted by molar-refractivity contribution is 6.09. The molecule has 0 saturated carbocycles. The van der Waals surface area contributed by atoms with E-state index in [4.69, 9.17) is 4.42 Å². The number of hydrogen-bond acceptors (Lipinski definition) is 2. The number of rotatable bonds is 7. The Bertz CT molecular complexity index is 3050. The molecule has 10 aromatic rings. The van der Waals surface area contributed by atoms with Crippen LogP contribution in [-0.2, 0) is 6.42 Å². The number of furan rings is 1. The third-order valence-corrected chi connectivity index (χ3v) is 11.6. The van der Waals surface area contributed by atoms with Crippen molar-refractivity contribution in [2.24, 2.45) is 0 Å². The second-order valence-corrected chi connectivity index (χ2v) is 14.9. The van der Waals surface area contributed by atoms with Crippen molar-refractivity contribution < 1.29 is 4.42 Å². The Morgan fingerprint density at radius 3 is 1.46 bits per heavy atom. The van der Waals surface area contributed by atoms with Gasteiger partial charge in [-0.05, 0) is 110 Å². The molecule has 0 bridgehead atoms. The van der Waals surface area contributed by atoms with Crippen LogP contribution < -0.4 is 4.90 Å². The molecule has 57 heavy (non-hydrogen) atoms. The molecule has 268 valence electrons. The van der Waals surface area contributed by atoms with Gasteiger partial charge in [-0.25, -0.2) is 0 Å². The first-order valence-electron chi connectivity index (χ1n) is 19.6. The summed E-state index contributed by atoms with van der Waals surface area (Å²) in [7, 11) is 0. The van der Waals surface area contributed by atoms with Gasteiger partial charge in [0, 0.05) is 33.4 Å². The van der Waals surface area contributed by atoms with E-state index in [1.807, 2.05) is 12.1 Å². The first kappa shape index (κ1) is 33.0. The normalized spacial score (nSPS) is 11.8. The van der Waals surface area contributed by atoms with E-state index in [2.05, 4.69) is 205 Å². The van der Waals surface area contributed by atoms with Crippen molar-refractivity contribution in [1.29, 1.82) is 0 Å². The van der Waals surface area contributed by atoms with Crippen LogP contribution in [0.1, 0.15) is 11.1 Å². The van der Waals surface area contributed by atoms with Crippen LogP contribution >= 0.6 is 0 Å². The Labute approximate surface area is 332 Å². The number of nitrogens with zero attached hydrogens (tertiary/aromatic N) is 1. The molecule has 11 rings (SSSR count). The zero-order chi connectivity index (χ0) is 37.7. The molecule has 2 nitrogen and oxygen atoms in total. The molecule has 0 atom stereocenters. The van der Waals surface area contributed by atoms with Crippen LogP contribution in [0.2, 0.25) is 0 Å². The summed E-state index contributed by atoms with van der Waals surface area (Å²) in [5, 5.41) is 2.28. The van der Waals surface area contributed by atoms with Crippen LogP contribution in [0.4, 0.5) is 17.1 Å². The van der Waals surface area contributed by atoms with Gasteiger partial charge in [0.2, 0.25) is 0 Å². The van der Waals surface area contributed by atoms with Crippen LogP contribution in [0, 0.1) is 0 Å². The molecule has 9 aromatic carbocycles. The van der Waals surface area contributed by atoms with Gasteiger partial charge in [0.25, 0.3) is 0 Å². The lowest BCUT2D eigenvalue weighted by atomic mass is 9.95. The van der Waals surface area contributed by atoms with E-state index in [0.29, 0.717) is 0 Å². The van der Waals surface area contributed by atoms with Gasteiger partial charge < -0.3 is 9.32 Å². The van der Waals surface area contributed by atoms with E-state index in [9.17, 15) is 0 Å². The summed E-state index contributed by atoms with van der Waals surface area (Å²) >= 11 is 0. The van der Waals surface area contributed by atoms with Crippen LogP contribution in [0.5, 0.6) is 0 Å². The number of anilines is 3. The highest BCUT2D eigenvalue weighted by Crippen LogP contribution is 2.43. The SMILES string of the molecule is c1ccc(-c2ccc(-c3ccc(N(c4ccc(-c5cccc6c5Cc5ccccc5-6)cc4)c4ccc(-c5cccc6c5oc5ccccc56)cc4)cc3)cc2)cc1. The monoisotopic (exact) mass is 727 g/mol. The molecule has 0 unspecified atom stereocenters. The maximum atomic E-state index is 6.41. The standard InChI is InChI=1S/C55H37NO/c1-2-10-37(11-3-1)38-20-22-39(23-21-38)40-24-30-44(31-25-40)56(45-32-26-41(27-33-45)47-15-8-17-50-48-13-5-4-12-43(48)36-53(47)50)46-34-28-42(29-35-46)49-16-9-18-52-51-14-6-7-19-54(51)57-55(49)52/h1-35H,36H2. The van der Waals surface area contributed by atoms with Crippen LogP contribution in [0.15, 0.2) is 217 Å². The minimum absolute atomic E-state index is 0.909. The summed E-state index contributed by atoms with van der Waals surface area (Å²) < 4.78 is 6.41. The fourth-order valence-electron chi connectivity index (χ4n) is 8.72. The van der Waals surface area contributed by atoms with E-state index in [1.54, 1.807) is 0 Å². The Balaban J connectivity index is 0.960. The first-order chi connectivity index (χ1) is 28.2. The molecule has 0 radical (unpaired) electrons. The first-order valence-corrected chi connectivity index (χ1v) is 19.6. The van der Waals surface area contributed by atoms with Gasteiger partial charge in [0.1, 0.15) is 11.2 Å². The molecule has 0 aliphatic heterocycles. The third-order valence-electron chi connectivity index (χ3n) is 11.6. The third kappa shape index (κ3) is 5.82. The Hall–Kier alpha value is -7.42. The summed E-state index contributed by atoms with van der Waals surface area (Å²) in [5.74, 6) is 0. The highest BCUT2D eigenvalue weighted by Gasteiger charge is 2.22. The molecule has 2 heteroatoms. The van der Waals surface area contributed by atoms with Crippen molar-refractivity contribution >= 4 is 39.0 Å². The van der Waals surface area contributed by atoms with Crippen molar-refractivity contribution in [3.8, 4) is 55.6 Å². The molecule has 1 heterocycles. The van der Waals surface area contributed by atoms with Gasteiger partial charge in [-0.1, -0.05) is 170 Å². The number of fused-ring (bicyclic) bond motifs is 6. The van der Waals surface area contributed by atoms with Gasteiger partial charge >= 0.3 is 0 Å². The molecule has 1 aromatic heterocycles. The van der Waals surface area contributed by atoms with E-state index >= 15 is 0 Å². The number of hydrogen-bond donors (Lipinski definition) is 0. The lowest BCUT2D eigenvalue weighted by Crippen LogP contribution is -2.09. The van der Waals surface area contributed by atoms with Crippen LogP contribution in [0.25, 0.3) is 77.6 Å². The zero-order valence-electron chi connectivity index (χ0n) is 31.3. The molecule has 1 aliphatic carbocycles. The van der Waals surface area contributed by atoms with Crippen molar-refractivity contribution in [3.05, 3.63) is 223 Å². The summed E-state index contributed by atoms with van der Waals surface area (Å²) in [6.07, 6.45) is 0.963. The quantitative estimate of drug-likeness (QED) is 0.163. The maximum absolute atomic E-state index is 6.41. The van der Waals surface area contributed by atoms with E-state index in [1.165, 1.54) is 55.6 Å². The van der Waals surface area contributed by atoms with E-state index < -0.39 is 0 Å². The maximum Gasteiger partial charge on any atom is 0.143 e. The fourth-order valence-corrected chi connectivity index (χ4v) is 8.72. The minimum Gasteiger partial charge on any atom is -0.455 e. The molecule has 0 saturated heterocycles.